The predicted molar refractivity (Wildman–Crippen MR) is 64.2 cm³/mol. The first kappa shape index (κ1) is 13.3. The van der Waals surface area contributed by atoms with Crippen molar-refractivity contribution < 1.29 is 9.90 Å². The lowest BCUT2D eigenvalue weighted by Gasteiger charge is -2.33. The number of aliphatic hydroxyl groups excluding tert-OH is 1. The fourth-order valence-electron chi connectivity index (χ4n) is 2.21. The number of nitrogens with one attached hydrogen (secondary N) is 1. The zero-order valence-corrected chi connectivity index (χ0v) is 10.6. The SMILES string of the molecule is C[C@@H]1CC[C@@H](NC(=O)N(C)CCO)C[C@H]1C. The van der Waals surface area contributed by atoms with E-state index in [1.165, 1.54) is 11.3 Å². The van der Waals surface area contributed by atoms with Gasteiger partial charge in [-0.15, -0.1) is 0 Å². The third kappa shape index (κ3) is 3.67. The van der Waals surface area contributed by atoms with Crippen molar-refractivity contribution in [1.29, 1.82) is 0 Å². The molecule has 0 saturated heterocycles. The highest BCUT2D eigenvalue weighted by atomic mass is 16.3. The number of carbonyl (C=O) groups is 1. The van der Waals surface area contributed by atoms with Crippen LogP contribution in [0.25, 0.3) is 0 Å². The minimum absolute atomic E-state index is 0.0159. The minimum Gasteiger partial charge on any atom is -0.395 e. The Kier molecular flexibility index (Phi) is 5.06. The van der Waals surface area contributed by atoms with E-state index in [1.807, 2.05) is 0 Å². The van der Waals surface area contributed by atoms with Gasteiger partial charge in [-0.2, -0.15) is 0 Å². The maximum absolute atomic E-state index is 11.7. The highest BCUT2D eigenvalue weighted by molar-refractivity contribution is 5.74. The zero-order chi connectivity index (χ0) is 12.1. The van der Waals surface area contributed by atoms with Crippen LogP contribution in [0.15, 0.2) is 0 Å². The van der Waals surface area contributed by atoms with Crippen molar-refractivity contribution in [2.24, 2.45) is 11.8 Å². The highest BCUT2D eigenvalue weighted by Crippen LogP contribution is 2.29. The summed E-state index contributed by atoms with van der Waals surface area (Å²) in [6.45, 7) is 4.94. The molecule has 0 aromatic rings. The summed E-state index contributed by atoms with van der Waals surface area (Å²) in [5.41, 5.74) is 0. The number of rotatable bonds is 3. The molecule has 2 N–H and O–H groups in total. The molecule has 0 bridgehead atoms. The van der Waals surface area contributed by atoms with Crippen LogP contribution in [0.3, 0.4) is 0 Å². The van der Waals surface area contributed by atoms with Gasteiger partial charge in [0.25, 0.3) is 0 Å². The summed E-state index contributed by atoms with van der Waals surface area (Å²) in [6, 6.07) is 0.237. The quantitative estimate of drug-likeness (QED) is 0.768. The predicted octanol–water partition coefficient (Wildman–Crippen LogP) is 1.44. The van der Waals surface area contributed by atoms with Crippen molar-refractivity contribution in [2.75, 3.05) is 20.2 Å². The van der Waals surface area contributed by atoms with Crippen LogP contribution in [0.1, 0.15) is 33.1 Å². The standard InChI is InChI=1S/C12H24N2O2/c1-9-4-5-11(8-10(9)2)13-12(16)14(3)6-7-15/h9-11,15H,4-8H2,1-3H3,(H,13,16)/t9-,10-,11-/m1/s1. The Morgan fingerprint density at radius 2 is 2.06 bits per heavy atom. The molecule has 0 heterocycles. The lowest BCUT2D eigenvalue weighted by atomic mass is 9.79. The number of hydrogen-bond donors (Lipinski definition) is 2. The van der Waals surface area contributed by atoms with E-state index in [0.717, 1.165) is 18.8 Å². The molecule has 0 spiro atoms. The Hall–Kier alpha value is -0.770. The fourth-order valence-corrected chi connectivity index (χ4v) is 2.21. The molecule has 1 fully saturated rings. The van der Waals surface area contributed by atoms with Crippen molar-refractivity contribution in [2.45, 2.75) is 39.2 Å². The first-order chi connectivity index (χ1) is 7.54. The van der Waals surface area contributed by atoms with Crippen LogP contribution in [0.4, 0.5) is 4.79 Å². The average molecular weight is 228 g/mol. The number of amides is 2. The second kappa shape index (κ2) is 6.09. The Morgan fingerprint density at radius 3 is 2.62 bits per heavy atom. The largest absolute Gasteiger partial charge is 0.395 e. The second-order valence-electron chi connectivity index (χ2n) is 5.06. The molecule has 1 aliphatic rings. The molecule has 94 valence electrons. The van der Waals surface area contributed by atoms with Gasteiger partial charge in [-0.1, -0.05) is 13.8 Å². The highest BCUT2D eigenvalue weighted by Gasteiger charge is 2.26. The topological polar surface area (TPSA) is 52.6 Å². The van der Waals surface area contributed by atoms with Crippen LogP contribution in [0, 0.1) is 11.8 Å². The van der Waals surface area contributed by atoms with Gasteiger partial charge in [0.1, 0.15) is 0 Å². The maximum Gasteiger partial charge on any atom is 0.317 e. The van der Waals surface area contributed by atoms with Crippen molar-refractivity contribution in [1.82, 2.24) is 10.2 Å². The number of urea groups is 1. The average Bonchev–Trinajstić information content (AvgIpc) is 2.24. The summed E-state index contributed by atoms with van der Waals surface area (Å²) in [6.07, 6.45) is 3.33. The molecule has 0 aliphatic heterocycles. The van der Waals surface area contributed by atoms with Gasteiger partial charge in [-0.05, 0) is 31.1 Å². The molecule has 0 aromatic carbocycles. The Balaban J connectivity index is 2.34. The number of aliphatic hydroxyl groups is 1. The molecule has 0 aromatic heterocycles. The van der Waals surface area contributed by atoms with Crippen LogP contribution in [0.5, 0.6) is 0 Å². The van der Waals surface area contributed by atoms with E-state index in [4.69, 9.17) is 5.11 Å². The van der Waals surface area contributed by atoms with Crippen LogP contribution in [0.2, 0.25) is 0 Å². The second-order valence-corrected chi connectivity index (χ2v) is 5.06. The van der Waals surface area contributed by atoms with Crippen LogP contribution < -0.4 is 5.32 Å². The summed E-state index contributed by atoms with van der Waals surface area (Å²) in [7, 11) is 1.71. The lowest BCUT2D eigenvalue weighted by Crippen LogP contribution is -2.46. The number of nitrogens with zero attached hydrogens (tertiary/aromatic N) is 1. The van der Waals surface area contributed by atoms with E-state index in [1.54, 1.807) is 7.05 Å². The maximum atomic E-state index is 11.7. The molecular formula is C12H24N2O2. The van der Waals surface area contributed by atoms with Crippen molar-refractivity contribution in [3.8, 4) is 0 Å². The third-order valence-electron chi connectivity index (χ3n) is 3.71. The lowest BCUT2D eigenvalue weighted by molar-refractivity contribution is 0.174. The molecule has 2 amide bonds. The molecule has 4 heteroatoms. The number of likely N-dealkylation sites (N-methyl/N-ethyl adjacent to an activating group) is 1. The van der Waals surface area contributed by atoms with Crippen LogP contribution in [-0.2, 0) is 0 Å². The van der Waals surface area contributed by atoms with Crippen LogP contribution >= 0.6 is 0 Å². The van der Waals surface area contributed by atoms with Gasteiger partial charge in [0.15, 0.2) is 0 Å². The van der Waals surface area contributed by atoms with E-state index >= 15 is 0 Å². The van der Waals surface area contributed by atoms with Crippen LogP contribution in [-0.4, -0.2) is 42.3 Å². The summed E-state index contributed by atoms with van der Waals surface area (Å²) < 4.78 is 0. The number of carbonyl (C=O) groups excluding carboxylic acids is 1. The van der Waals surface area contributed by atoms with E-state index in [-0.39, 0.29) is 12.6 Å². The third-order valence-corrected chi connectivity index (χ3v) is 3.71. The van der Waals surface area contributed by atoms with Crippen molar-refractivity contribution >= 4 is 6.03 Å². The van der Waals surface area contributed by atoms with Crippen molar-refractivity contribution in [3.05, 3.63) is 0 Å². The van der Waals surface area contributed by atoms with Crippen molar-refractivity contribution in [3.63, 3.8) is 0 Å². The first-order valence-electron chi connectivity index (χ1n) is 6.17. The van der Waals surface area contributed by atoms with E-state index in [2.05, 4.69) is 19.2 Å². The zero-order valence-electron chi connectivity index (χ0n) is 10.6. The van der Waals surface area contributed by atoms with Gasteiger partial charge in [-0.25, -0.2) is 4.79 Å². The summed E-state index contributed by atoms with van der Waals surface area (Å²) in [5, 5.41) is 11.8. The van der Waals surface area contributed by atoms with Gasteiger partial charge in [0, 0.05) is 19.6 Å². The molecule has 1 aliphatic carbocycles. The minimum atomic E-state index is -0.0687. The smallest absolute Gasteiger partial charge is 0.317 e. The summed E-state index contributed by atoms with van der Waals surface area (Å²) in [4.78, 5) is 13.2. The molecule has 0 radical (unpaired) electrons. The molecule has 1 rings (SSSR count). The molecule has 1 saturated carbocycles. The van der Waals surface area contributed by atoms with Gasteiger partial charge in [-0.3, -0.25) is 0 Å². The molecule has 3 atom stereocenters. The fraction of sp³-hybridized carbons (Fsp3) is 0.917. The molecular weight excluding hydrogens is 204 g/mol. The molecule has 16 heavy (non-hydrogen) atoms. The van der Waals surface area contributed by atoms with E-state index in [0.29, 0.717) is 18.5 Å². The first-order valence-corrected chi connectivity index (χ1v) is 6.17. The normalized spacial score (nSPS) is 29.9. The Morgan fingerprint density at radius 1 is 1.38 bits per heavy atom. The monoisotopic (exact) mass is 228 g/mol. The van der Waals surface area contributed by atoms with Gasteiger partial charge >= 0.3 is 6.03 Å². The summed E-state index contributed by atoms with van der Waals surface area (Å²) >= 11 is 0. The van der Waals surface area contributed by atoms with Gasteiger partial charge in [0.2, 0.25) is 0 Å². The number of hydrogen-bond acceptors (Lipinski definition) is 2. The van der Waals surface area contributed by atoms with E-state index in [9.17, 15) is 4.79 Å². The van der Waals surface area contributed by atoms with Gasteiger partial charge < -0.3 is 15.3 Å². The summed E-state index contributed by atoms with van der Waals surface area (Å²) in [5.74, 6) is 1.45. The molecule has 4 nitrogen and oxygen atoms in total. The molecule has 0 unspecified atom stereocenters. The van der Waals surface area contributed by atoms with Gasteiger partial charge in [0.05, 0.1) is 6.61 Å². The van der Waals surface area contributed by atoms with E-state index < -0.39 is 0 Å². The Labute approximate surface area is 98.0 Å². The Bertz CT molecular complexity index is 233.